The summed E-state index contributed by atoms with van der Waals surface area (Å²) in [7, 11) is -3.24. The van der Waals surface area contributed by atoms with E-state index in [0.29, 0.717) is 87.3 Å². The highest BCUT2D eigenvalue weighted by Crippen LogP contribution is 2.26. The molecule has 0 saturated carbocycles. The lowest BCUT2D eigenvalue weighted by Crippen LogP contribution is -2.48. The minimum Gasteiger partial charge on any atom is -0.451 e. The van der Waals surface area contributed by atoms with E-state index in [9.17, 15) is 31.2 Å². The Labute approximate surface area is 282 Å². The number of sulfone groups is 1. The molecule has 3 heterocycles. The van der Waals surface area contributed by atoms with E-state index in [1.54, 1.807) is 47.4 Å². The number of nitrogens with one attached hydrogen (secondary N) is 1. The van der Waals surface area contributed by atoms with Gasteiger partial charge in [0.05, 0.1) is 4.90 Å². The van der Waals surface area contributed by atoms with E-state index in [1.807, 2.05) is 12.1 Å². The van der Waals surface area contributed by atoms with Crippen LogP contribution in [0.15, 0.2) is 82.1 Å². The van der Waals surface area contributed by atoms with Crippen molar-refractivity contribution in [3.05, 3.63) is 95.2 Å². The van der Waals surface area contributed by atoms with Gasteiger partial charge in [-0.15, -0.1) is 13.2 Å². The van der Waals surface area contributed by atoms with Crippen molar-refractivity contribution in [3.63, 3.8) is 0 Å². The fraction of sp³-hybridized carbons (Fsp3) is 0.371. The van der Waals surface area contributed by atoms with Crippen molar-refractivity contribution in [1.82, 2.24) is 20.0 Å². The standard InChI is InChI=1S/C35H37F3N4O6S/c1-49(45,46)30-8-5-24(6-9-30)22-41-15-17-42(18-16-41)34(44)26-7-10-31-27(20-26)21-32(47-31)33(43)39-28-11-13-40(14-12-28)23-25-3-2-4-29(19-25)48-35(36,37)38/h2-10,19-21,28H,11-18,22-23H2,1H3,(H,39,43). The van der Waals surface area contributed by atoms with Gasteiger partial charge in [-0.2, -0.15) is 0 Å². The zero-order valence-electron chi connectivity index (χ0n) is 26.9. The minimum absolute atomic E-state index is 0.0838. The van der Waals surface area contributed by atoms with E-state index in [-0.39, 0.29) is 34.3 Å². The number of halogens is 3. The summed E-state index contributed by atoms with van der Waals surface area (Å²) in [4.78, 5) is 32.8. The van der Waals surface area contributed by atoms with E-state index >= 15 is 0 Å². The van der Waals surface area contributed by atoms with Crippen molar-refractivity contribution in [2.75, 3.05) is 45.5 Å². The normalized spacial score (nSPS) is 16.9. The first kappa shape index (κ1) is 34.5. The van der Waals surface area contributed by atoms with Crippen LogP contribution < -0.4 is 10.1 Å². The molecule has 0 bridgehead atoms. The third-order valence-electron chi connectivity index (χ3n) is 8.87. The quantitative estimate of drug-likeness (QED) is 0.258. The number of furan rings is 1. The van der Waals surface area contributed by atoms with E-state index in [0.717, 1.165) is 5.56 Å². The van der Waals surface area contributed by atoms with Crippen molar-refractivity contribution in [1.29, 1.82) is 0 Å². The van der Waals surface area contributed by atoms with Gasteiger partial charge in [-0.25, -0.2) is 8.42 Å². The van der Waals surface area contributed by atoms with Gasteiger partial charge in [0.25, 0.3) is 11.8 Å². The molecule has 2 saturated heterocycles. The molecule has 14 heteroatoms. The summed E-state index contributed by atoms with van der Waals surface area (Å²) in [5.74, 6) is -0.539. The number of piperazine rings is 1. The highest BCUT2D eigenvalue weighted by atomic mass is 32.2. The number of benzene rings is 3. The van der Waals surface area contributed by atoms with Crippen LogP contribution >= 0.6 is 0 Å². The summed E-state index contributed by atoms with van der Waals surface area (Å²) in [5.41, 5.74) is 2.72. The number of rotatable bonds is 9. The van der Waals surface area contributed by atoms with Gasteiger partial charge < -0.3 is 19.4 Å². The summed E-state index contributed by atoms with van der Waals surface area (Å²) in [5, 5.41) is 3.68. The molecule has 10 nitrogen and oxygen atoms in total. The van der Waals surface area contributed by atoms with Crippen LogP contribution in [0.3, 0.4) is 0 Å². The lowest BCUT2D eigenvalue weighted by molar-refractivity contribution is -0.274. The van der Waals surface area contributed by atoms with E-state index in [2.05, 4.69) is 19.9 Å². The number of piperidine rings is 1. The first-order chi connectivity index (χ1) is 23.3. The topological polar surface area (TPSA) is 112 Å². The van der Waals surface area contributed by atoms with Crippen LogP contribution in [0.2, 0.25) is 0 Å². The highest BCUT2D eigenvalue weighted by molar-refractivity contribution is 7.90. The Kier molecular flexibility index (Phi) is 10.00. The van der Waals surface area contributed by atoms with Gasteiger partial charge in [0.15, 0.2) is 15.6 Å². The number of likely N-dealkylation sites (tertiary alicyclic amines) is 1. The lowest BCUT2D eigenvalue weighted by atomic mass is 10.0. The summed E-state index contributed by atoms with van der Waals surface area (Å²) in [6, 6.07) is 19.5. The van der Waals surface area contributed by atoms with Crippen LogP contribution in [0.1, 0.15) is 44.9 Å². The third kappa shape index (κ3) is 8.99. The molecule has 2 aliphatic rings. The number of carbonyl (C=O) groups excluding carboxylic acids is 2. The molecule has 4 aromatic rings. The van der Waals surface area contributed by atoms with Crippen molar-refractivity contribution >= 4 is 32.6 Å². The Morgan fingerprint density at radius 2 is 1.53 bits per heavy atom. The second kappa shape index (κ2) is 14.2. The van der Waals surface area contributed by atoms with Gasteiger partial charge in [-0.05, 0) is 72.5 Å². The Bertz CT molecular complexity index is 1910. The Balaban J connectivity index is 0.978. The molecule has 0 aliphatic carbocycles. The van der Waals surface area contributed by atoms with Crippen molar-refractivity contribution in [2.45, 2.75) is 43.2 Å². The third-order valence-corrected chi connectivity index (χ3v) is 9.99. The average Bonchev–Trinajstić information content (AvgIpc) is 3.49. The number of carbonyl (C=O) groups is 2. The van der Waals surface area contributed by atoms with Gasteiger partial charge in [0.2, 0.25) is 0 Å². The fourth-order valence-electron chi connectivity index (χ4n) is 6.27. The molecule has 0 radical (unpaired) electrons. The molecular weight excluding hydrogens is 661 g/mol. The number of alkyl halides is 3. The molecule has 260 valence electrons. The van der Waals surface area contributed by atoms with Gasteiger partial charge in [-0.3, -0.25) is 19.4 Å². The highest BCUT2D eigenvalue weighted by Gasteiger charge is 2.31. The van der Waals surface area contributed by atoms with Crippen LogP contribution in [-0.2, 0) is 22.9 Å². The van der Waals surface area contributed by atoms with Gasteiger partial charge in [0.1, 0.15) is 11.3 Å². The smallest absolute Gasteiger partial charge is 0.451 e. The van der Waals surface area contributed by atoms with E-state index in [1.165, 1.54) is 24.5 Å². The molecule has 3 aromatic carbocycles. The van der Waals surface area contributed by atoms with Gasteiger partial charge in [0, 0.05) is 75.6 Å². The van der Waals surface area contributed by atoms with Crippen molar-refractivity contribution in [2.24, 2.45) is 0 Å². The lowest BCUT2D eigenvalue weighted by Gasteiger charge is -2.34. The van der Waals surface area contributed by atoms with Crippen LogP contribution in [0, 0.1) is 0 Å². The molecular formula is C35H37F3N4O6S. The summed E-state index contributed by atoms with van der Waals surface area (Å²) >= 11 is 0. The van der Waals surface area contributed by atoms with Crippen molar-refractivity contribution < 1.29 is 40.3 Å². The first-order valence-corrected chi connectivity index (χ1v) is 17.9. The molecule has 0 unspecified atom stereocenters. The maximum absolute atomic E-state index is 13.3. The fourth-order valence-corrected chi connectivity index (χ4v) is 6.90. The minimum atomic E-state index is -4.74. The van der Waals surface area contributed by atoms with Crippen LogP contribution in [-0.4, -0.2) is 92.9 Å². The molecule has 49 heavy (non-hydrogen) atoms. The predicted octanol–water partition coefficient (Wildman–Crippen LogP) is 5.09. The molecule has 0 atom stereocenters. The zero-order valence-corrected chi connectivity index (χ0v) is 27.7. The number of hydrogen-bond donors (Lipinski definition) is 1. The number of nitrogens with zero attached hydrogens (tertiary/aromatic N) is 3. The average molecular weight is 699 g/mol. The van der Waals surface area contributed by atoms with E-state index < -0.39 is 16.2 Å². The molecule has 2 aliphatic heterocycles. The summed E-state index contributed by atoms with van der Waals surface area (Å²) in [6.07, 6.45) is -2.21. The Morgan fingerprint density at radius 1 is 0.857 bits per heavy atom. The number of ether oxygens (including phenoxy) is 1. The maximum atomic E-state index is 13.3. The van der Waals surface area contributed by atoms with Crippen LogP contribution in [0.25, 0.3) is 11.0 Å². The van der Waals surface area contributed by atoms with Gasteiger partial charge >= 0.3 is 6.36 Å². The SMILES string of the molecule is CS(=O)(=O)c1ccc(CN2CCN(C(=O)c3ccc4oc(C(=O)NC5CCN(Cc6cccc(OC(F)(F)F)c6)CC5)cc4c3)CC2)cc1. The molecule has 1 aromatic heterocycles. The Hall–Kier alpha value is -4.40. The van der Waals surface area contributed by atoms with Crippen LogP contribution in [0.4, 0.5) is 13.2 Å². The molecule has 2 fully saturated rings. The molecule has 0 spiro atoms. The monoisotopic (exact) mass is 698 g/mol. The Morgan fingerprint density at radius 3 is 2.20 bits per heavy atom. The number of amides is 2. The van der Waals surface area contributed by atoms with Crippen molar-refractivity contribution in [3.8, 4) is 5.75 Å². The molecule has 2 amide bonds. The van der Waals surface area contributed by atoms with Crippen LogP contribution in [0.5, 0.6) is 5.75 Å². The molecule has 6 rings (SSSR count). The molecule has 1 N–H and O–H groups in total. The number of fused-ring (bicyclic) bond motifs is 1. The largest absolute Gasteiger partial charge is 0.573 e. The first-order valence-electron chi connectivity index (χ1n) is 16.0. The summed E-state index contributed by atoms with van der Waals surface area (Å²) in [6.45, 7) is 4.92. The summed E-state index contributed by atoms with van der Waals surface area (Å²) < 4.78 is 71.0. The zero-order chi connectivity index (χ0) is 34.8. The van der Waals surface area contributed by atoms with E-state index in [4.69, 9.17) is 4.42 Å². The second-order valence-electron chi connectivity index (χ2n) is 12.6. The maximum Gasteiger partial charge on any atom is 0.573 e. The number of hydrogen-bond acceptors (Lipinski definition) is 8. The van der Waals surface area contributed by atoms with Gasteiger partial charge in [-0.1, -0.05) is 24.3 Å². The predicted molar refractivity (Wildman–Crippen MR) is 176 cm³/mol. The second-order valence-corrected chi connectivity index (χ2v) is 14.6.